The van der Waals surface area contributed by atoms with Crippen LogP contribution in [0.3, 0.4) is 0 Å². The quantitative estimate of drug-likeness (QED) is 0.712. The molecule has 0 N–H and O–H groups in total. The van der Waals surface area contributed by atoms with Crippen LogP contribution in [0.25, 0.3) is 0 Å². The monoisotopic (exact) mass is 454 g/mol. The molecule has 0 bridgehead atoms. The van der Waals surface area contributed by atoms with Crippen LogP contribution in [0.4, 0.5) is 0 Å². The van der Waals surface area contributed by atoms with Crippen molar-refractivity contribution in [3.8, 4) is 0 Å². The Labute approximate surface area is 168 Å². The molecule has 3 rings (SSSR count). The highest BCUT2D eigenvalue weighted by atomic mass is 79.9. The molecule has 0 unspecified atom stereocenters. The van der Waals surface area contributed by atoms with E-state index in [4.69, 9.17) is 0 Å². The third-order valence-electron chi connectivity index (χ3n) is 4.85. The summed E-state index contributed by atoms with van der Waals surface area (Å²) in [6, 6.07) is 7.24. The third-order valence-corrected chi connectivity index (χ3v) is 7.50. The molecule has 27 heavy (non-hydrogen) atoms. The molecule has 0 atom stereocenters. The van der Waals surface area contributed by atoms with Gasteiger partial charge in [0.15, 0.2) is 0 Å². The summed E-state index contributed by atoms with van der Waals surface area (Å²) in [5, 5.41) is 4.23. The van der Waals surface area contributed by atoms with Crippen LogP contribution in [0.1, 0.15) is 28.2 Å². The van der Waals surface area contributed by atoms with E-state index >= 15 is 0 Å². The molecular weight excluding hydrogens is 432 g/mol. The maximum atomic E-state index is 13.1. The number of nitrogens with zero attached hydrogens (tertiary/aromatic N) is 4. The number of carbonyl (C=O) groups excluding carboxylic acids is 1. The second kappa shape index (κ2) is 7.73. The highest BCUT2D eigenvalue weighted by molar-refractivity contribution is 9.10. The summed E-state index contributed by atoms with van der Waals surface area (Å²) in [7, 11) is -1.90. The fraction of sp³-hybridized carbons (Fsp3) is 0.444. The Morgan fingerprint density at radius 1 is 1.15 bits per heavy atom. The molecule has 2 heterocycles. The molecule has 1 fully saturated rings. The highest BCUT2D eigenvalue weighted by Gasteiger charge is 2.32. The van der Waals surface area contributed by atoms with Crippen LogP contribution in [0, 0.1) is 13.8 Å². The number of halogens is 1. The van der Waals surface area contributed by atoms with Crippen LogP contribution in [0.15, 0.2) is 33.6 Å². The van der Waals surface area contributed by atoms with Gasteiger partial charge in [0.2, 0.25) is 10.0 Å². The Morgan fingerprint density at radius 2 is 1.89 bits per heavy atom. The number of amides is 1. The zero-order valence-corrected chi connectivity index (χ0v) is 18.0. The van der Waals surface area contributed by atoms with Crippen molar-refractivity contribution in [2.75, 3.05) is 26.2 Å². The first kappa shape index (κ1) is 20.0. The van der Waals surface area contributed by atoms with Gasteiger partial charge in [-0.05, 0) is 38.5 Å². The van der Waals surface area contributed by atoms with Crippen molar-refractivity contribution in [1.82, 2.24) is 19.0 Å². The fourth-order valence-corrected chi connectivity index (χ4v) is 5.67. The molecule has 1 aliphatic rings. The molecule has 7 nitrogen and oxygen atoms in total. The SMILES string of the molecule is Cc1nn(C)c(C)c1S(=O)(=O)N1CCCN(C(=O)c2cccc(Br)c2)CC1. The van der Waals surface area contributed by atoms with Crippen LogP contribution < -0.4 is 0 Å². The molecule has 0 aliphatic carbocycles. The van der Waals surface area contributed by atoms with Crippen molar-refractivity contribution in [3.63, 3.8) is 0 Å². The zero-order valence-electron chi connectivity index (χ0n) is 15.6. The topological polar surface area (TPSA) is 75.5 Å². The Hall–Kier alpha value is -1.71. The summed E-state index contributed by atoms with van der Waals surface area (Å²) >= 11 is 3.38. The molecule has 9 heteroatoms. The average molecular weight is 455 g/mol. The van der Waals surface area contributed by atoms with E-state index in [0.29, 0.717) is 43.0 Å². The second-order valence-corrected chi connectivity index (χ2v) is 9.47. The van der Waals surface area contributed by atoms with E-state index in [1.807, 2.05) is 12.1 Å². The lowest BCUT2D eigenvalue weighted by molar-refractivity contribution is 0.0764. The first-order chi connectivity index (χ1) is 12.7. The first-order valence-electron chi connectivity index (χ1n) is 8.77. The summed E-state index contributed by atoms with van der Waals surface area (Å²) in [6.45, 7) is 5.02. The highest BCUT2D eigenvalue weighted by Crippen LogP contribution is 2.24. The van der Waals surface area contributed by atoms with Crippen molar-refractivity contribution in [3.05, 3.63) is 45.7 Å². The molecule has 146 valence electrons. The lowest BCUT2D eigenvalue weighted by Crippen LogP contribution is -2.37. The average Bonchev–Trinajstić information content (AvgIpc) is 2.80. The number of carbonyl (C=O) groups is 1. The van der Waals surface area contributed by atoms with E-state index in [0.717, 1.165) is 4.47 Å². The number of rotatable bonds is 3. The van der Waals surface area contributed by atoms with E-state index in [2.05, 4.69) is 21.0 Å². The number of hydrogen-bond acceptors (Lipinski definition) is 4. The van der Waals surface area contributed by atoms with Gasteiger partial charge in [-0.3, -0.25) is 9.48 Å². The first-order valence-corrected chi connectivity index (χ1v) is 11.0. The van der Waals surface area contributed by atoms with E-state index in [1.54, 1.807) is 42.6 Å². The number of sulfonamides is 1. The Bertz CT molecular complexity index is 971. The van der Waals surface area contributed by atoms with Crippen molar-refractivity contribution in [2.24, 2.45) is 7.05 Å². The number of aryl methyl sites for hydroxylation is 2. The number of hydrogen-bond donors (Lipinski definition) is 0. The van der Waals surface area contributed by atoms with E-state index in [-0.39, 0.29) is 17.3 Å². The van der Waals surface area contributed by atoms with E-state index in [1.165, 1.54) is 4.31 Å². The van der Waals surface area contributed by atoms with Crippen LogP contribution in [0.2, 0.25) is 0 Å². The molecule has 1 aromatic heterocycles. The smallest absolute Gasteiger partial charge is 0.253 e. The summed E-state index contributed by atoms with van der Waals surface area (Å²) in [5.41, 5.74) is 1.72. The van der Waals surface area contributed by atoms with Crippen LogP contribution in [0.5, 0.6) is 0 Å². The minimum absolute atomic E-state index is 0.0794. The van der Waals surface area contributed by atoms with Gasteiger partial charge in [0, 0.05) is 43.3 Å². The van der Waals surface area contributed by atoms with Gasteiger partial charge >= 0.3 is 0 Å². The van der Waals surface area contributed by atoms with E-state index in [9.17, 15) is 13.2 Å². The van der Waals surface area contributed by atoms with Gasteiger partial charge in [0.05, 0.1) is 11.4 Å². The minimum atomic E-state index is -3.64. The molecule has 0 saturated carbocycles. The molecule has 1 aliphatic heterocycles. The number of benzene rings is 1. The summed E-state index contributed by atoms with van der Waals surface area (Å²) in [6.07, 6.45) is 0.595. The van der Waals surface area contributed by atoms with Gasteiger partial charge in [-0.25, -0.2) is 8.42 Å². The molecule has 0 radical (unpaired) electrons. The summed E-state index contributed by atoms with van der Waals surface area (Å²) in [4.78, 5) is 14.8. The molecule has 1 amide bonds. The number of aromatic nitrogens is 2. The summed E-state index contributed by atoms with van der Waals surface area (Å²) < 4.78 is 30.2. The molecule has 2 aromatic rings. The lowest BCUT2D eigenvalue weighted by Gasteiger charge is -2.22. The van der Waals surface area contributed by atoms with Gasteiger partial charge < -0.3 is 4.90 Å². The maximum Gasteiger partial charge on any atom is 0.253 e. The summed E-state index contributed by atoms with van der Waals surface area (Å²) in [5.74, 6) is -0.0794. The Kier molecular flexibility index (Phi) is 5.73. The van der Waals surface area contributed by atoms with Gasteiger partial charge in [-0.1, -0.05) is 22.0 Å². The molecular formula is C18H23BrN4O3S. The predicted molar refractivity (Wildman–Crippen MR) is 106 cm³/mol. The maximum absolute atomic E-state index is 13.1. The van der Waals surface area contributed by atoms with Crippen LogP contribution in [-0.4, -0.2) is 59.5 Å². The van der Waals surface area contributed by atoms with Gasteiger partial charge in [-0.2, -0.15) is 9.40 Å². The molecule has 0 spiro atoms. The predicted octanol–water partition coefficient (Wildman–Crippen LogP) is 2.34. The van der Waals surface area contributed by atoms with Crippen molar-refractivity contribution in [2.45, 2.75) is 25.2 Å². The fourth-order valence-electron chi connectivity index (χ4n) is 3.40. The van der Waals surface area contributed by atoms with Crippen molar-refractivity contribution < 1.29 is 13.2 Å². The Morgan fingerprint density at radius 3 is 2.52 bits per heavy atom. The largest absolute Gasteiger partial charge is 0.337 e. The standard InChI is InChI=1S/C18H23BrN4O3S/c1-13-17(14(2)21(3)20-13)27(25,26)23-9-5-8-22(10-11-23)18(24)15-6-4-7-16(19)12-15/h4,6-7,12H,5,8-11H2,1-3H3. The molecule has 1 aromatic carbocycles. The molecule has 1 saturated heterocycles. The van der Waals surface area contributed by atoms with Crippen LogP contribution >= 0.6 is 15.9 Å². The Balaban J connectivity index is 1.79. The van der Waals surface area contributed by atoms with Gasteiger partial charge in [0.25, 0.3) is 5.91 Å². The second-order valence-electron chi connectivity index (χ2n) is 6.68. The minimum Gasteiger partial charge on any atom is -0.337 e. The normalized spacial score (nSPS) is 16.4. The van der Waals surface area contributed by atoms with E-state index < -0.39 is 10.0 Å². The zero-order chi connectivity index (χ0) is 19.8. The van der Waals surface area contributed by atoms with Crippen molar-refractivity contribution >= 4 is 31.9 Å². The third kappa shape index (κ3) is 3.95. The lowest BCUT2D eigenvalue weighted by atomic mass is 10.2. The van der Waals surface area contributed by atoms with Gasteiger partial charge in [0.1, 0.15) is 4.90 Å². The van der Waals surface area contributed by atoms with Crippen LogP contribution in [-0.2, 0) is 17.1 Å². The van der Waals surface area contributed by atoms with Crippen molar-refractivity contribution in [1.29, 1.82) is 0 Å². The van der Waals surface area contributed by atoms with Gasteiger partial charge in [-0.15, -0.1) is 0 Å².